The number of amides is 2. The molecule has 9 nitrogen and oxygen atoms in total. The number of hydrogen-bond donors (Lipinski definition) is 2. The Balaban J connectivity index is 0.000000454. The van der Waals surface area contributed by atoms with Crippen LogP contribution in [0.4, 0.5) is 24.5 Å². The fourth-order valence-corrected chi connectivity index (χ4v) is 3.54. The summed E-state index contributed by atoms with van der Waals surface area (Å²) < 4.78 is 37.5. The van der Waals surface area contributed by atoms with Crippen LogP contribution >= 0.6 is 15.9 Å². The summed E-state index contributed by atoms with van der Waals surface area (Å²) in [6.45, 7) is 2.88. The van der Waals surface area contributed by atoms with Crippen molar-refractivity contribution in [2.75, 3.05) is 36.4 Å². The van der Waals surface area contributed by atoms with Crippen molar-refractivity contribution in [2.45, 2.75) is 6.18 Å². The molecule has 3 aromatic rings. The van der Waals surface area contributed by atoms with Crippen LogP contribution in [0.25, 0.3) is 0 Å². The number of hydrogen-bond acceptors (Lipinski definition) is 6. The number of anilines is 2. The van der Waals surface area contributed by atoms with E-state index in [1.165, 1.54) is 0 Å². The third-order valence-corrected chi connectivity index (χ3v) is 5.45. The lowest BCUT2D eigenvalue weighted by molar-refractivity contribution is -0.192. The number of nitrogens with one attached hydrogen (secondary N) is 1. The van der Waals surface area contributed by atoms with E-state index in [1.54, 1.807) is 48.8 Å². The molecule has 0 saturated carbocycles. The molecule has 1 aliphatic rings. The van der Waals surface area contributed by atoms with E-state index < -0.39 is 12.1 Å². The van der Waals surface area contributed by atoms with E-state index in [0.717, 1.165) is 18.8 Å². The maximum atomic E-state index is 12.8. The van der Waals surface area contributed by atoms with Gasteiger partial charge >= 0.3 is 12.1 Å². The van der Waals surface area contributed by atoms with E-state index >= 15 is 0 Å². The largest absolute Gasteiger partial charge is 0.490 e. The number of carbonyl (C=O) groups is 3. The average molecular weight is 569 g/mol. The topological polar surface area (TPSA) is 116 Å². The highest BCUT2D eigenvalue weighted by Crippen LogP contribution is 2.19. The van der Waals surface area contributed by atoms with Crippen molar-refractivity contribution in [3.8, 4) is 0 Å². The number of aliphatic carboxylic acids is 1. The SMILES string of the molecule is O=C(Nc1ccc(C(=O)N2CCN(c3ccncc3)CC2)cc1)c1ccc(Br)o1.O=C(O)C(F)(F)F. The Morgan fingerprint density at radius 2 is 1.53 bits per heavy atom. The Labute approximate surface area is 211 Å². The molecule has 1 saturated heterocycles. The zero-order valence-electron chi connectivity index (χ0n) is 18.5. The average Bonchev–Trinajstić information content (AvgIpc) is 3.31. The number of alkyl halides is 3. The van der Waals surface area contributed by atoms with E-state index in [9.17, 15) is 22.8 Å². The minimum atomic E-state index is -5.08. The van der Waals surface area contributed by atoms with Gasteiger partial charge in [0.05, 0.1) is 0 Å². The minimum Gasteiger partial charge on any atom is -0.475 e. The number of benzene rings is 1. The number of rotatable bonds is 4. The summed E-state index contributed by atoms with van der Waals surface area (Å²) in [7, 11) is 0. The van der Waals surface area contributed by atoms with Gasteiger partial charge in [-0.1, -0.05) is 0 Å². The van der Waals surface area contributed by atoms with E-state index in [-0.39, 0.29) is 17.6 Å². The molecule has 36 heavy (non-hydrogen) atoms. The number of piperazine rings is 1. The molecule has 2 amide bonds. The highest BCUT2D eigenvalue weighted by atomic mass is 79.9. The monoisotopic (exact) mass is 568 g/mol. The highest BCUT2D eigenvalue weighted by Gasteiger charge is 2.38. The first-order valence-corrected chi connectivity index (χ1v) is 11.2. The van der Waals surface area contributed by atoms with Gasteiger partial charge in [0.25, 0.3) is 11.8 Å². The molecule has 0 radical (unpaired) electrons. The van der Waals surface area contributed by atoms with Gasteiger partial charge in [0.15, 0.2) is 10.4 Å². The maximum absolute atomic E-state index is 12.8. The number of carbonyl (C=O) groups excluding carboxylic acids is 2. The molecule has 0 bridgehead atoms. The molecule has 1 aromatic carbocycles. The number of pyridine rings is 1. The van der Waals surface area contributed by atoms with E-state index in [1.807, 2.05) is 17.0 Å². The predicted molar refractivity (Wildman–Crippen MR) is 127 cm³/mol. The summed E-state index contributed by atoms with van der Waals surface area (Å²) in [5.74, 6) is -2.90. The molecule has 1 fully saturated rings. The van der Waals surface area contributed by atoms with Gasteiger partial charge in [0, 0.05) is 55.5 Å². The molecule has 0 unspecified atom stereocenters. The second kappa shape index (κ2) is 11.7. The van der Waals surface area contributed by atoms with Gasteiger partial charge in [0.1, 0.15) is 0 Å². The number of aromatic nitrogens is 1. The molecule has 4 rings (SSSR count). The Hall–Kier alpha value is -3.87. The van der Waals surface area contributed by atoms with Crippen molar-refractivity contribution >= 4 is 45.1 Å². The fourth-order valence-electron chi connectivity index (χ4n) is 3.23. The molecule has 2 aromatic heterocycles. The molecule has 0 aliphatic carbocycles. The normalized spacial score (nSPS) is 13.4. The van der Waals surface area contributed by atoms with Crippen molar-refractivity contribution < 1.29 is 37.1 Å². The number of halogens is 4. The van der Waals surface area contributed by atoms with Crippen molar-refractivity contribution in [1.82, 2.24) is 9.88 Å². The van der Waals surface area contributed by atoms with Crippen molar-refractivity contribution in [2.24, 2.45) is 0 Å². The molecule has 190 valence electrons. The van der Waals surface area contributed by atoms with Crippen LogP contribution in [0, 0.1) is 0 Å². The highest BCUT2D eigenvalue weighted by molar-refractivity contribution is 9.10. The molecule has 0 spiro atoms. The van der Waals surface area contributed by atoms with Gasteiger partial charge in [-0.05, 0) is 64.5 Å². The standard InChI is InChI=1S/C21H19BrN4O3.C2HF3O2/c22-19-6-5-18(29-19)20(27)24-16-3-1-15(2-4-16)21(28)26-13-11-25(12-14-26)17-7-9-23-10-8-17;3-2(4,5)1(6)7/h1-10H,11-14H2,(H,24,27);(H,6,7). The lowest BCUT2D eigenvalue weighted by Crippen LogP contribution is -2.48. The van der Waals surface area contributed by atoms with E-state index in [2.05, 4.69) is 31.1 Å². The van der Waals surface area contributed by atoms with Crippen molar-refractivity contribution in [1.29, 1.82) is 0 Å². The molecular formula is C23H20BrF3N4O5. The summed E-state index contributed by atoms with van der Waals surface area (Å²) in [5.41, 5.74) is 2.32. The van der Waals surface area contributed by atoms with Crippen LogP contribution in [0.1, 0.15) is 20.9 Å². The van der Waals surface area contributed by atoms with Crippen molar-refractivity contribution in [3.63, 3.8) is 0 Å². The third kappa shape index (κ3) is 7.31. The number of carboxylic acids is 1. The van der Waals surface area contributed by atoms with Crippen LogP contribution in [0.15, 0.2) is 70.0 Å². The van der Waals surface area contributed by atoms with Gasteiger partial charge in [-0.3, -0.25) is 14.6 Å². The second-order valence-corrected chi connectivity index (χ2v) is 8.20. The van der Waals surface area contributed by atoms with Crippen molar-refractivity contribution in [3.05, 3.63) is 76.9 Å². The minimum absolute atomic E-state index is 0.00720. The quantitative estimate of drug-likeness (QED) is 0.482. The number of carboxylic acid groups (broad SMARTS) is 1. The fraction of sp³-hybridized carbons (Fsp3) is 0.217. The van der Waals surface area contributed by atoms with E-state index in [0.29, 0.717) is 29.0 Å². The van der Waals surface area contributed by atoms with Gasteiger partial charge in [0.2, 0.25) is 0 Å². The molecule has 2 N–H and O–H groups in total. The first-order chi connectivity index (χ1) is 17.0. The third-order valence-electron chi connectivity index (χ3n) is 5.02. The van der Waals surface area contributed by atoms with Crippen LogP contribution in [0.2, 0.25) is 0 Å². The Morgan fingerprint density at radius 3 is 2.03 bits per heavy atom. The molecule has 13 heteroatoms. The van der Waals surface area contributed by atoms with Crippen LogP contribution in [0.3, 0.4) is 0 Å². The second-order valence-electron chi connectivity index (χ2n) is 7.42. The number of furan rings is 1. The Bertz CT molecular complexity index is 1190. The summed E-state index contributed by atoms with van der Waals surface area (Å²) in [6.07, 6.45) is -1.53. The Morgan fingerprint density at radius 1 is 0.944 bits per heavy atom. The van der Waals surface area contributed by atoms with Crippen LogP contribution < -0.4 is 10.2 Å². The molecular weight excluding hydrogens is 549 g/mol. The summed E-state index contributed by atoms with van der Waals surface area (Å²) in [6, 6.07) is 14.1. The van der Waals surface area contributed by atoms with Crippen LogP contribution in [0.5, 0.6) is 0 Å². The zero-order chi connectivity index (χ0) is 26.3. The maximum Gasteiger partial charge on any atom is 0.490 e. The summed E-state index contributed by atoms with van der Waals surface area (Å²) in [5, 5.41) is 9.88. The van der Waals surface area contributed by atoms with E-state index in [4.69, 9.17) is 14.3 Å². The molecule has 0 atom stereocenters. The first kappa shape index (κ1) is 26.7. The summed E-state index contributed by atoms with van der Waals surface area (Å²) >= 11 is 3.17. The van der Waals surface area contributed by atoms with Gasteiger partial charge in [-0.15, -0.1) is 0 Å². The smallest absolute Gasteiger partial charge is 0.475 e. The zero-order valence-corrected chi connectivity index (χ0v) is 20.1. The lowest BCUT2D eigenvalue weighted by Gasteiger charge is -2.36. The molecule has 1 aliphatic heterocycles. The summed E-state index contributed by atoms with van der Waals surface area (Å²) in [4.78, 5) is 42.0. The van der Waals surface area contributed by atoms with Crippen LogP contribution in [-0.2, 0) is 4.79 Å². The van der Waals surface area contributed by atoms with Crippen LogP contribution in [-0.4, -0.2) is 65.1 Å². The first-order valence-electron chi connectivity index (χ1n) is 10.5. The predicted octanol–water partition coefficient (Wildman–Crippen LogP) is 4.29. The van der Waals surface area contributed by atoms with Gasteiger partial charge < -0.3 is 24.6 Å². The number of nitrogens with zero attached hydrogens (tertiary/aromatic N) is 3. The lowest BCUT2D eigenvalue weighted by atomic mass is 10.1. The Kier molecular flexibility index (Phi) is 8.69. The molecule has 3 heterocycles. The van der Waals surface area contributed by atoms with Gasteiger partial charge in [-0.2, -0.15) is 13.2 Å². The van der Waals surface area contributed by atoms with Gasteiger partial charge in [-0.25, -0.2) is 4.79 Å².